The van der Waals surface area contributed by atoms with Gasteiger partial charge in [0.25, 0.3) is 0 Å². The number of hydrogen-bond donors (Lipinski definition) is 1. The molecule has 0 aromatic heterocycles. The minimum Gasteiger partial charge on any atom is -0.357 e. The van der Waals surface area contributed by atoms with Gasteiger partial charge in [0.05, 0.1) is 11.4 Å². The van der Waals surface area contributed by atoms with Gasteiger partial charge in [-0.3, -0.25) is 0 Å². The topological polar surface area (TPSA) is 61.8 Å². The van der Waals surface area contributed by atoms with Gasteiger partial charge in [-0.1, -0.05) is 26.0 Å². The van der Waals surface area contributed by atoms with E-state index in [0.29, 0.717) is 16.9 Å². The SMILES string of the molecule is CCNC(=NCc1ccc(S(C)(=O)=O)cc1)N1CCC(C)(C)C1. The van der Waals surface area contributed by atoms with Crippen LogP contribution in [-0.2, 0) is 16.4 Å². The van der Waals surface area contributed by atoms with Crippen molar-refractivity contribution >= 4 is 15.8 Å². The second-order valence-electron chi connectivity index (χ2n) is 6.92. The van der Waals surface area contributed by atoms with Crippen LogP contribution in [0.2, 0.25) is 0 Å². The smallest absolute Gasteiger partial charge is 0.194 e. The summed E-state index contributed by atoms with van der Waals surface area (Å²) in [5, 5.41) is 3.35. The molecule has 5 nitrogen and oxygen atoms in total. The van der Waals surface area contributed by atoms with Crippen LogP contribution in [0.3, 0.4) is 0 Å². The van der Waals surface area contributed by atoms with Crippen molar-refractivity contribution in [3.05, 3.63) is 29.8 Å². The van der Waals surface area contributed by atoms with E-state index in [-0.39, 0.29) is 0 Å². The molecule has 0 saturated carbocycles. The highest BCUT2D eigenvalue weighted by Crippen LogP contribution is 2.28. The lowest BCUT2D eigenvalue weighted by Crippen LogP contribution is -2.40. The maximum absolute atomic E-state index is 11.5. The van der Waals surface area contributed by atoms with Gasteiger partial charge in [-0.25, -0.2) is 13.4 Å². The van der Waals surface area contributed by atoms with Crippen molar-refractivity contribution in [1.29, 1.82) is 0 Å². The van der Waals surface area contributed by atoms with Crippen molar-refractivity contribution in [2.24, 2.45) is 10.4 Å². The van der Waals surface area contributed by atoms with Crippen LogP contribution in [-0.4, -0.2) is 45.2 Å². The molecule has 0 spiro atoms. The Bertz CT molecular complexity index is 664. The minimum atomic E-state index is -3.14. The van der Waals surface area contributed by atoms with E-state index >= 15 is 0 Å². The van der Waals surface area contributed by atoms with Crippen molar-refractivity contribution in [3.63, 3.8) is 0 Å². The van der Waals surface area contributed by atoms with Gasteiger partial charge in [0.15, 0.2) is 15.8 Å². The van der Waals surface area contributed by atoms with E-state index in [4.69, 9.17) is 4.99 Å². The summed E-state index contributed by atoms with van der Waals surface area (Å²) in [5.74, 6) is 0.935. The standard InChI is InChI=1S/C17H27N3O2S/c1-5-18-16(20-11-10-17(2,3)13-20)19-12-14-6-8-15(9-7-14)23(4,21)22/h6-9H,5,10-13H2,1-4H3,(H,18,19). The molecule has 128 valence electrons. The number of likely N-dealkylation sites (tertiary alicyclic amines) is 1. The van der Waals surface area contributed by atoms with Gasteiger partial charge < -0.3 is 10.2 Å². The van der Waals surface area contributed by atoms with Crippen molar-refractivity contribution in [3.8, 4) is 0 Å². The van der Waals surface area contributed by atoms with E-state index in [1.165, 1.54) is 12.7 Å². The zero-order chi connectivity index (χ0) is 17.1. The molecule has 1 aliphatic heterocycles. The van der Waals surface area contributed by atoms with Gasteiger partial charge in [-0.15, -0.1) is 0 Å². The molecular weight excluding hydrogens is 310 g/mol. The summed E-state index contributed by atoms with van der Waals surface area (Å²) in [6.45, 7) is 10.0. The first-order chi connectivity index (χ1) is 10.7. The Morgan fingerprint density at radius 3 is 2.43 bits per heavy atom. The minimum absolute atomic E-state index is 0.327. The molecule has 1 aromatic rings. The Kier molecular flexibility index (Phi) is 5.34. The molecule has 1 aliphatic rings. The average molecular weight is 337 g/mol. The molecule has 23 heavy (non-hydrogen) atoms. The molecule has 0 bridgehead atoms. The number of nitrogens with one attached hydrogen (secondary N) is 1. The van der Waals surface area contributed by atoms with E-state index in [9.17, 15) is 8.42 Å². The van der Waals surface area contributed by atoms with Crippen LogP contribution in [0, 0.1) is 5.41 Å². The third kappa shape index (κ3) is 4.96. The third-order valence-electron chi connectivity index (χ3n) is 4.07. The summed E-state index contributed by atoms with van der Waals surface area (Å²) in [7, 11) is -3.14. The van der Waals surface area contributed by atoms with Crippen molar-refractivity contribution in [2.45, 2.75) is 38.6 Å². The highest BCUT2D eigenvalue weighted by Gasteiger charge is 2.30. The second-order valence-corrected chi connectivity index (χ2v) is 8.94. The van der Waals surface area contributed by atoms with E-state index in [0.717, 1.165) is 31.2 Å². The first-order valence-corrected chi connectivity index (χ1v) is 9.93. The largest absolute Gasteiger partial charge is 0.357 e. The molecule has 0 atom stereocenters. The number of rotatable bonds is 4. The average Bonchev–Trinajstić information content (AvgIpc) is 2.83. The number of benzene rings is 1. The molecule has 6 heteroatoms. The van der Waals surface area contributed by atoms with Crippen LogP contribution < -0.4 is 5.32 Å². The number of hydrogen-bond acceptors (Lipinski definition) is 3. The lowest BCUT2D eigenvalue weighted by molar-refractivity contribution is 0.370. The van der Waals surface area contributed by atoms with E-state index in [1.807, 2.05) is 12.1 Å². The molecule has 0 amide bonds. The van der Waals surface area contributed by atoms with Crippen LogP contribution >= 0.6 is 0 Å². The maximum atomic E-state index is 11.5. The number of sulfone groups is 1. The Hall–Kier alpha value is -1.56. The fraction of sp³-hybridized carbons (Fsp3) is 0.588. The molecule has 1 heterocycles. The van der Waals surface area contributed by atoms with Crippen molar-refractivity contribution in [2.75, 3.05) is 25.9 Å². The molecule has 1 aromatic carbocycles. The molecule has 0 unspecified atom stereocenters. The van der Waals surface area contributed by atoms with Gasteiger partial charge in [0, 0.05) is 25.9 Å². The Labute approximate surface area is 139 Å². The monoisotopic (exact) mass is 337 g/mol. The lowest BCUT2D eigenvalue weighted by Gasteiger charge is -2.23. The third-order valence-corrected chi connectivity index (χ3v) is 5.20. The summed E-state index contributed by atoms with van der Waals surface area (Å²) in [6, 6.07) is 6.95. The van der Waals surface area contributed by atoms with Crippen LogP contribution in [0.25, 0.3) is 0 Å². The number of nitrogens with zero attached hydrogens (tertiary/aromatic N) is 2. The molecule has 1 N–H and O–H groups in total. The fourth-order valence-electron chi connectivity index (χ4n) is 2.73. The predicted octanol–water partition coefficient (Wildman–Crippen LogP) is 2.29. The Balaban J connectivity index is 2.09. The Morgan fingerprint density at radius 2 is 1.96 bits per heavy atom. The van der Waals surface area contributed by atoms with Crippen LogP contribution in [0.15, 0.2) is 34.2 Å². The molecule has 0 aliphatic carbocycles. The van der Waals surface area contributed by atoms with Crippen LogP contribution in [0.5, 0.6) is 0 Å². The Morgan fingerprint density at radius 1 is 1.30 bits per heavy atom. The van der Waals surface area contributed by atoms with Crippen LogP contribution in [0.4, 0.5) is 0 Å². The first kappa shape index (κ1) is 17.8. The first-order valence-electron chi connectivity index (χ1n) is 8.03. The zero-order valence-electron chi connectivity index (χ0n) is 14.5. The van der Waals surface area contributed by atoms with E-state index in [1.54, 1.807) is 12.1 Å². The lowest BCUT2D eigenvalue weighted by atomic mass is 9.93. The quantitative estimate of drug-likeness (QED) is 0.676. The van der Waals surface area contributed by atoms with E-state index < -0.39 is 9.84 Å². The molecule has 1 fully saturated rings. The zero-order valence-corrected chi connectivity index (χ0v) is 15.3. The van der Waals surface area contributed by atoms with E-state index in [2.05, 4.69) is 31.0 Å². The molecule has 2 rings (SSSR count). The van der Waals surface area contributed by atoms with Crippen molar-refractivity contribution < 1.29 is 8.42 Å². The maximum Gasteiger partial charge on any atom is 0.194 e. The summed E-state index contributed by atoms with van der Waals surface area (Å²) in [4.78, 5) is 7.35. The summed E-state index contributed by atoms with van der Waals surface area (Å²) >= 11 is 0. The summed E-state index contributed by atoms with van der Waals surface area (Å²) < 4.78 is 23.0. The van der Waals surface area contributed by atoms with Gasteiger partial charge >= 0.3 is 0 Å². The van der Waals surface area contributed by atoms with Crippen molar-refractivity contribution in [1.82, 2.24) is 10.2 Å². The highest BCUT2D eigenvalue weighted by atomic mass is 32.2. The molecule has 1 saturated heterocycles. The molecular formula is C17H27N3O2S. The summed E-state index contributed by atoms with van der Waals surface area (Å²) in [6.07, 6.45) is 2.39. The van der Waals surface area contributed by atoms with Crippen LogP contribution in [0.1, 0.15) is 32.8 Å². The second kappa shape index (κ2) is 6.91. The molecule has 0 radical (unpaired) electrons. The summed E-state index contributed by atoms with van der Waals surface area (Å²) in [5.41, 5.74) is 1.33. The highest BCUT2D eigenvalue weighted by molar-refractivity contribution is 7.90. The van der Waals surface area contributed by atoms with Gasteiger partial charge in [0.2, 0.25) is 0 Å². The number of guanidine groups is 1. The fourth-order valence-corrected chi connectivity index (χ4v) is 3.36. The van der Waals surface area contributed by atoms with Gasteiger partial charge in [-0.2, -0.15) is 0 Å². The van der Waals surface area contributed by atoms with Gasteiger partial charge in [0.1, 0.15) is 0 Å². The normalized spacial score (nSPS) is 18.3. The predicted molar refractivity (Wildman–Crippen MR) is 94.3 cm³/mol. The number of aliphatic imine (C=N–C) groups is 1. The van der Waals surface area contributed by atoms with Gasteiger partial charge in [-0.05, 0) is 36.5 Å².